The van der Waals surface area contributed by atoms with Crippen LogP contribution in [0.15, 0.2) is 47.6 Å². The molecule has 0 heterocycles. The number of rotatable bonds is 9. The molecule has 3 aliphatic rings. The summed E-state index contributed by atoms with van der Waals surface area (Å²) in [6, 6.07) is 0. The Labute approximate surface area is 217 Å². The zero-order chi connectivity index (χ0) is 26.5. The summed E-state index contributed by atoms with van der Waals surface area (Å²) >= 11 is 0. The van der Waals surface area contributed by atoms with E-state index in [1.807, 2.05) is 13.0 Å². The average Bonchev–Trinajstić information content (AvgIpc) is 3.18. The van der Waals surface area contributed by atoms with Crippen molar-refractivity contribution >= 4 is 11.8 Å². The molecule has 0 aromatic heterocycles. The number of allylic oxidation sites excluding steroid dienone is 6. The monoisotopic (exact) mass is 498 g/mol. The second-order valence-corrected chi connectivity index (χ2v) is 11.9. The van der Waals surface area contributed by atoms with Crippen LogP contribution >= 0.6 is 0 Å². The van der Waals surface area contributed by atoms with Crippen LogP contribution in [0.3, 0.4) is 0 Å². The van der Waals surface area contributed by atoms with E-state index >= 15 is 0 Å². The van der Waals surface area contributed by atoms with E-state index in [1.165, 1.54) is 11.6 Å². The highest BCUT2D eigenvalue weighted by molar-refractivity contribution is 6.08. The number of unbranched alkanes of at least 4 members (excludes halogenated alkanes) is 1. The van der Waals surface area contributed by atoms with Crippen molar-refractivity contribution in [2.45, 2.75) is 104 Å². The van der Waals surface area contributed by atoms with Gasteiger partial charge in [-0.1, -0.05) is 61.8 Å². The van der Waals surface area contributed by atoms with E-state index < -0.39 is 23.6 Å². The number of fused-ring (bicyclic) bond motifs is 1. The first-order valence-corrected chi connectivity index (χ1v) is 13.8. The van der Waals surface area contributed by atoms with Gasteiger partial charge in [-0.25, -0.2) is 0 Å². The smallest absolute Gasteiger partial charge is 0.319 e. The van der Waals surface area contributed by atoms with E-state index in [0.717, 1.165) is 56.1 Å². The van der Waals surface area contributed by atoms with Crippen LogP contribution in [0, 0.1) is 22.7 Å². The van der Waals surface area contributed by atoms with Gasteiger partial charge in [0.2, 0.25) is 0 Å². The molecule has 0 aliphatic heterocycles. The Balaban J connectivity index is 1.67. The van der Waals surface area contributed by atoms with Crippen molar-refractivity contribution in [3.63, 3.8) is 0 Å². The summed E-state index contributed by atoms with van der Waals surface area (Å²) in [5.41, 5.74) is 2.42. The van der Waals surface area contributed by atoms with E-state index in [0.29, 0.717) is 37.7 Å². The van der Waals surface area contributed by atoms with E-state index in [2.05, 4.69) is 25.7 Å². The zero-order valence-corrected chi connectivity index (χ0v) is 22.7. The first-order chi connectivity index (χ1) is 17.0. The van der Waals surface area contributed by atoms with E-state index in [1.54, 1.807) is 13.8 Å². The Hall–Kier alpha value is -1.98. The van der Waals surface area contributed by atoms with E-state index in [-0.39, 0.29) is 11.2 Å². The lowest BCUT2D eigenvalue weighted by Crippen LogP contribution is -2.35. The summed E-state index contributed by atoms with van der Waals surface area (Å²) in [5.74, 6) is 0.0362. The van der Waals surface area contributed by atoms with Crippen LogP contribution in [0.4, 0.5) is 0 Å². The third-order valence-electron chi connectivity index (χ3n) is 8.79. The minimum atomic E-state index is -1.21. The van der Waals surface area contributed by atoms with Crippen LogP contribution < -0.4 is 0 Å². The second kappa shape index (κ2) is 12.0. The molecule has 0 unspecified atom stereocenters. The van der Waals surface area contributed by atoms with E-state index in [4.69, 9.17) is 4.74 Å². The van der Waals surface area contributed by atoms with Crippen LogP contribution in [-0.4, -0.2) is 40.8 Å². The van der Waals surface area contributed by atoms with Crippen molar-refractivity contribution in [3.8, 4) is 0 Å². The second-order valence-electron chi connectivity index (χ2n) is 11.9. The van der Waals surface area contributed by atoms with Gasteiger partial charge >= 0.3 is 5.97 Å². The van der Waals surface area contributed by atoms with Gasteiger partial charge in [0.05, 0.1) is 18.8 Å². The van der Waals surface area contributed by atoms with Crippen molar-refractivity contribution in [2.75, 3.05) is 6.61 Å². The number of esters is 1. The Morgan fingerprint density at radius 1 is 1.14 bits per heavy atom. The highest BCUT2D eigenvalue weighted by Crippen LogP contribution is 2.59. The minimum absolute atomic E-state index is 0.0905. The number of ketones is 1. The Bertz CT molecular complexity index is 911. The van der Waals surface area contributed by atoms with E-state index in [9.17, 15) is 19.8 Å². The summed E-state index contributed by atoms with van der Waals surface area (Å²) in [6.45, 7) is 12.3. The number of carbonyl (C=O) groups excluding carboxylic acids is 2. The van der Waals surface area contributed by atoms with Gasteiger partial charge in [0.1, 0.15) is 5.41 Å². The van der Waals surface area contributed by atoms with Gasteiger partial charge < -0.3 is 14.9 Å². The number of aliphatic hydroxyl groups excluding tert-OH is 2. The molecule has 2 N–H and O–H groups in total. The van der Waals surface area contributed by atoms with Gasteiger partial charge in [0, 0.05) is 0 Å². The third-order valence-corrected chi connectivity index (χ3v) is 8.79. The molecule has 5 nitrogen and oxygen atoms in total. The normalized spacial score (nSPS) is 31.9. The van der Waals surface area contributed by atoms with Gasteiger partial charge in [-0.3, -0.25) is 9.59 Å². The van der Waals surface area contributed by atoms with Crippen molar-refractivity contribution < 1.29 is 24.5 Å². The summed E-state index contributed by atoms with van der Waals surface area (Å²) in [4.78, 5) is 25.3. The van der Waals surface area contributed by atoms with Gasteiger partial charge in [-0.05, 0) is 95.0 Å². The van der Waals surface area contributed by atoms with Crippen LogP contribution in [0.2, 0.25) is 0 Å². The fraction of sp³-hybridized carbons (Fsp3) is 0.677. The minimum Gasteiger partial charge on any atom is -0.465 e. The molecule has 0 amide bonds. The van der Waals surface area contributed by atoms with Crippen molar-refractivity contribution in [3.05, 3.63) is 47.6 Å². The number of carbonyl (C=O) groups is 2. The number of hydrogen-bond donors (Lipinski definition) is 2. The molecule has 0 aromatic carbocycles. The maximum atomic E-state index is 12.9. The lowest BCUT2D eigenvalue weighted by Gasteiger charge is -2.42. The molecule has 3 rings (SSSR count). The quantitative estimate of drug-likeness (QED) is 0.134. The molecule has 5 atom stereocenters. The molecule has 3 aliphatic carbocycles. The van der Waals surface area contributed by atoms with Gasteiger partial charge in [0.15, 0.2) is 5.78 Å². The number of ether oxygens (including phenoxy) is 1. The lowest BCUT2D eigenvalue weighted by atomic mass is 9.62. The Morgan fingerprint density at radius 3 is 2.50 bits per heavy atom. The molecule has 0 spiro atoms. The fourth-order valence-electron chi connectivity index (χ4n) is 6.48. The number of hydrogen-bond acceptors (Lipinski definition) is 5. The molecular formula is C31H46O5. The molecule has 0 radical (unpaired) electrons. The standard InChI is InChI=1S/C31H46O5/c1-6-7-17-36-29(35)30(3,4)28(34)15-10-21(2)26-13-14-27-23(9-8-16-31(26,27)5)12-11-22-18-24(32)20-25(33)19-22/h10-12,15,24-27,32-33H,2,6-9,13-14,16-20H2,1,3-5H3/b15-10+,23-12+/t24-,25-,26-,27+,31-/m1/s1. The maximum absolute atomic E-state index is 12.9. The topological polar surface area (TPSA) is 83.8 Å². The summed E-state index contributed by atoms with van der Waals surface area (Å²) in [6.07, 6.45) is 15.8. The SMILES string of the molecule is C=C(/C=C/C(=O)C(C)(C)C(=O)OCCCC)[C@H]1CC[C@H]2/C(=C/C=C3C[C@@H](O)C[C@H](O)C3)CCC[C@]12C. The Kier molecular flexibility index (Phi) is 9.56. The van der Waals surface area contributed by atoms with Crippen LogP contribution in [0.5, 0.6) is 0 Å². The largest absolute Gasteiger partial charge is 0.465 e. The highest BCUT2D eigenvalue weighted by atomic mass is 16.5. The third kappa shape index (κ3) is 6.47. The molecule has 36 heavy (non-hydrogen) atoms. The van der Waals surface area contributed by atoms with Crippen LogP contribution in [0.25, 0.3) is 0 Å². The maximum Gasteiger partial charge on any atom is 0.319 e. The number of aliphatic hydroxyl groups is 2. The van der Waals surface area contributed by atoms with Gasteiger partial charge in [-0.15, -0.1) is 0 Å². The summed E-state index contributed by atoms with van der Waals surface area (Å²) < 4.78 is 5.30. The van der Waals surface area contributed by atoms with Crippen molar-refractivity contribution in [1.29, 1.82) is 0 Å². The highest BCUT2D eigenvalue weighted by Gasteiger charge is 2.49. The molecular weight excluding hydrogens is 452 g/mol. The molecule has 200 valence electrons. The summed E-state index contributed by atoms with van der Waals surface area (Å²) in [7, 11) is 0. The van der Waals surface area contributed by atoms with Crippen LogP contribution in [0.1, 0.15) is 91.9 Å². The predicted octanol–water partition coefficient (Wildman–Crippen LogP) is 6.01. The molecule has 0 saturated heterocycles. The fourth-order valence-corrected chi connectivity index (χ4v) is 6.48. The Morgan fingerprint density at radius 2 is 1.83 bits per heavy atom. The summed E-state index contributed by atoms with van der Waals surface area (Å²) in [5, 5.41) is 20.0. The van der Waals surface area contributed by atoms with Crippen LogP contribution in [-0.2, 0) is 14.3 Å². The molecule has 0 aromatic rings. The lowest BCUT2D eigenvalue weighted by molar-refractivity contribution is -0.157. The first-order valence-electron chi connectivity index (χ1n) is 13.8. The first kappa shape index (κ1) is 28.6. The van der Waals surface area contributed by atoms with Gasteiger partial charge in [0.25, 0.3) is 0 Å². The van der Waals surface area contributed by atoms with Crippen molar-refractivity contribution in [1.82, 2.24) is 0 Å². The predicted molar refractivity (Wildman–Crippen MR) is 143 cm³/mol. The average molecular weight is 499 g/mol. The van der Waals surface area contributed by atoms with Crippen molar-refractivity contribution in [2.24, 2.45) is 22.7 Å². The molecule has 0 bridgehead atoms. The zero-order valence-electron chi connectivity index (χ0n) is 22.7. The molecule has 3 fully saturated rings. The molecule has 3 saturated carbocycles. The molecule has 5 heteroatoms. The van der Waals surface area contributed by atoms with Gasteiger partial charge in [-0.2, -0.15) is 0 Å².